The highest BCUT2D eigenvalue weighted by molar-refractivity contribution is 8.00. The molecule has 2 aliphatic rings. The van der Waals surface area contributed by atoms with E-state index in [-0.39, 0.29) is 4.87 Å². The fourth-order valence-corrected chi connectivity index (χ4v) is 5.52. The number of carbonyl (C=O) groups excluding carboxylic acids is 2. The molecule has 3 atom stereocenters. The number of aromatic nitrogens is 1. The smallest absolute Gasteiger partial charge is 0.316 e. The number of ether oxygens (including phenoxy) is 1. The topological polar surface area (TPSA) is 99.3 Å². The molecule has 0 aliphatic carbocycles. The largest absolute Gasteiger partial charge is 0.549 e. The maximum atomic E-state index is 12.4. The molecular weight excluding hydrogens is 338 g/mol. The number of H-pyrrole nitrogens is 1. The minimum Gasteiger partial charge on any atom is -0.549 e. The number of aliphatic carboxylic acids is 1. The van der Waals surface area contributed by atoms with Gasteiger partial charge in [-0.2, -0.15) is 0 Å². The Morgan fingerprint density at radius 2 is 2.13 bits per heavy atom. The van der Waals surface area contributed by atoms with Crippen molar-refractivity contribution in [3.63, 3.8) is 0 Å². The SMILES string of the molecule is Cc1ccc2c(c1)[C@@H]1c3sc(=O)[nH]c3S[C@@H](C(=O)[O-])[C@@H]1C(=O)O2. The zero-order valence-electron chi connectivity index (χ0n) is 11.8. The summed E-state index contributed by atoms with van der Waals surface area (Å²) in [6.07, 6.45) is 0. The van der Waals surface area contributed by atoms with Crippen molar-refractivity contribution in [2.75, 3.05) is 0 Å². The first-order valence-electron chi connectivity index (χ1n) is 6.88. The van der Waals surface area contributed by atoms with Gasteiger partial charge < -0.3 is 19.6 Å². The number of carboxylic acids is 1. The number of benzene rings is 1. The molecule has 23 heavy (non-hydrogen) atoms. The van der Waals surface area contributed by atoms with E-state index >= 15 is 0 Å². The Labute approximate surface area is 138 Å². The molecule has 0 unspecified atom stereocenters. The van der Waals surface area contributed by atoms with E-state index < -0.39 is 29.0 Å². The van der Waals surface area contributed by atoms with Crippen molar-refractivity contribution in [3.8, 4) is 5.75 Å². The van der Waals surface area contributed by atoms with Gasteiger partial charge in [0.05, 0.1) is 22.2 Å². The lowest BCUT2D eigenvalue weighted by molar-refractivity contribution is -0.306. The van der Waals surface area contributed by atoms with Crippen molar-refractivity contribution in [3.05, 3.63) is 43.9 Å². The highest BCUT2D eigenvalue weighted by Crippen LogP contribution is 2.53. The van der Waals surface area contributed by atoms with Crippen molar-refractivity contribution in [2.45, 2.75) is 23.1 Å². The van der Waals surface area contributed by atoms with Crippen LogP contribution in [0.25, 0.3) is 0 Å². The number of hydrogen-bond donors (Lipinski definition) is 1. The number of carbonyl (C=O) groups is 2. The van der Waals surface area contributed by atoms with Crippen LogP contribution in [0.2, 0.25) is 0 Å². The first kappa shape index (κ1) is 14.5. The Morgan fingerprint density at radius 1 is 1.35 bits per heavy atom. The van der Waals surface area contributed by atoms with E-state index in [0.29, 0.717) is 15.7 Å². The number of thioether (sulfide) groups is 1. The van der Waals surface area contributed by atoms with E-state index in [0.717, 1.165) is 34.2 Å². The number of thiazole rings is 1. The highest BCUT2D eigenvalue weighted by Gasteiger charge is 2.49. The Bertz CT molecular complexity index is 900. The second-order valence-electron chi connectivity index (χ2n) is 5.53. The molecule has 0 fully saturated rings. The van der Waals surface area contributed by atoms with Crippen LogP contribution in [-0.4, -0.2) is 22.2 Å². The number of fused-ring (bicyclic) bond motifs is 5. The molecule has 2 aliphatic heterocycles. The number of rotatable bonds is 1. The summed E-state index contributed by atoms with van der Waals surface area (Å²) in [5, 5.41) is 10.9. The van der Waals surface area contributed by atoms with Gasteiger partial charge in [-0.1, -0.05) is 40.8 Å². The average molecular weight is 348 g/mol. The van der Waals surface area contributed by atoms with Crippen LogP contribution in [0.15, 0.2) is 28.0 Å². The minimum absolute atomic E-state index is 0.270. The quantitative estimate of drug-likeness (QED) is 0.600. The molecule has 0 amide bonds. The van der Waals surface area contributed by atoms with E-state index in [1.807, 2.05) is 19.1 Å². The van der Waals surface area contributed by atoms with Crippen molar-refractivity contribution in [2.24, 2.45) is 5.92 Å². The summed E-state index contributed by atoms with van der Waals surface area (Å²) in [6, 6.07) is 5.39. The second kappa shape index (κ2) is 4.97. The number of esters is 1. The van der Waals surface area contributed by atoms with Gasteiger partial charge in [-0.05, 0) is 13.0 Å². The molecule has 1 N–H and O–H groups in total. The number of aryl methyl sites for hydroxylation is 1. The molecular formula is C15H10NO5S2-. The summed E-state index contributed by atoms with van der Waals surface area (Å²) in [6.45, 7) is 1.90. The van der Waals surface area contributed by atoms with Gasteiger partial charge in [0.1, 0.15) is 5.75 Å². The normalized spacial score (nSPS) is 25.1. The van der Waals surface area contributed by atoms with Crippen LogP contribution in [0.3, 0.4) is 0 Å². The summed E-state index contributed by atoms with van der Waals surface area (Å²) in [5.41, 5.74) is 1.70. The lowest BCUT2D eigenvalue weighted by Gasteiger charge is -2.39. The van der Waals surface area contributed by atoms with E-state index in [4.69, 9.17) is 4.74 Å². The number of nitrogens with one attached hydrogen (secondary N) is 1. The van der Waals surface area contributed by atoms with Crippen LogP contribution >= 0.6 is 23.1 Å². The number of hydrogen-bond acceptors (Lipinski definition) is 7. The van der Waals surface area contributed by atoms with Crippen molar-refractivity contribution in [1.82, 2.24) is 4.98 Å². The first-order valence-corrected chi connectivity index (χ1v) is 8.58. The second-order valence-corrected chi connectivity index (χ2v) is 7.70. The first-order chi connectivity index (χ1) is 11.0. The third kappa shape index (κ3) is 2.13. The maximum absolute atomic E-state index is 12.4. The third-order valence-corrected chi connectivity index (χ3v) is 6.46. The average Bonchev–Trinajstić information content (AvgIpc) is 2.86. The molecule has 8 heteroatoms. The Kier molecular flexibility index (Phi) is 3.14. The van der Waals surface area contributed by atoms with Crippen molar-refractivity contribution < 1.29 is 19.4 Å². The van der Waals surface area contributed by atoms with E-state index in [1.54, 1.807) is 6.07 Å². The zero-order chi connectivity index (χ0) is 16.3. The van der Waals surface area contributed by atoms with Gasteiger partial charge in [0.25, 0.3) is 0 Å². The lowest BCUT2D eigenvalue weighted by Crippen LogP contribution is -2.48. The van der Waals surface area contributed by atoms with Gasteiger partial charge >= 0.3 is 10.8 Å². The standard InChI is InChI=1S/C15H11NO5S2/c1-5-2-3-7-6(4-5)8-9(14(19)21-7)11(13(17)18)22-12-10(8)23-15(20)16-12/h2-4,8-9,11H,1H3,(H,16,20)(H,17,18)/p-1/t8-,9+,11+/m0/s1. The Balaban J connectivity index is 2.00. The minimum atomic E-state index is -1.34. The fraction of sp³-hybridized carbons (Fsp3) is 0.267. The molecule has 6 nitrogen and oxygen atoms in total. The molecule has 0 spiro atoms. The predicted octanol–water partition coefficient (Wildman–Crippen LogP) is 0.636. The maximum Gasteiger partial charge on any atom is 0.316 e. The van der Waals surface area contributed by atoms with Gasteiger partial charge in [-0.25, -0.2) is 0 Å². The fourth-order valence-electron chi connectivity index (χ4n) is 3.13. The van der Waals surface area contributed by atoms with Gasteiger partial charge in [-0.3, -0.25) is 9.59 Å². The van der Waals surface area contributed by atoms with Crippen LogP contribution in [-0.2, 0) is 9.59 Å². The molecule has 0 bridgehead atoms. The molecule has 0 saturated heterocycles. The molecule has 0 radical (unpaired) electrons. The Morgan fingerprint density at radius 3 is 2.87 bits per heavy atom. The molecule has 2 aromatic rings. The summed E-state index contributed by atoms with van der Waals surface area (Å²) in [5.74, 6) is -2.93. The van der Waals surface area contributed by atoms with Crippen molar-refractivity contribution >= 4 is 35.0 Å². The number of carboxylic acid groups (broad SMARTS) is 1. The van der Waals surface area contributed by atoms with Gasteiger partial charge in [-0.15, -0.1) is 0 Å². The van der Waals surface area contributed by atoms with Crippen LogP contribution < -0.4 is 14.7 Å². The van der Waals surface area contributed by atoms with E-state index in [1.165, 1.54) is 0 Å². The molecule has 118 valence electrons. The summed E-state index contributed by atoms with van der Waals surface area (Å²) < 4.78 is 5.33. The molecule has 0 saturated carbocycles. The monoisotopic (exact) mass is 348 g/mol. The number of aromatic amines is 1. The van der Waals surface area contributed by atoms with Crippen LogP contribution in [0.5, 0.6) is 5.75 Å². The van der Waals surface area contributed by atoms with Crippen LogP contribution in [0.4, 0.5) is 0 Å². The Hall–Kier alpha value is -2.06. The molecule has 3 heterocycles. The summed E-state index contributed by atoms with van der Waals surface area (Å²) in [4.78, 5) is 38.7. The third-order valence-electron chi connectivity index (χ3n) is 4.07. The predicted molar refractivity (Wildman–Crippen MR) is 81.7 cm³/mol. The lowest BCUT2D eigenvalue weighted by atomic mass is 9.79. The molecule has 1 aromatic carbocycles. The zero-order valence-corrected chi connectivity index (χ0v) is 13.5. The van der Waals surface area contributed by atoms with Crippen molar-refractivity contribution in [1.29, 1.82) is 0 Å². The summed E-state index contributed by atoms with van der Waals surface area (Å²) in [7, 11) is 0. The van der Waals surface area contributed by atoms with Gasteiger partial charge in [0, 0.05) is 16.4 Å². The molecule has 4 rings (SSSR count). The van der Waals surface area contributed by atoms with E-state index in [9.17, 15) is 19.5 Å². The van der Waals surface area contributed by atoms with Crippen LogP contribution in [0.1, 0.15) is 21.9 Å². The van der Waals surface area contributed by atoms with Gasteiger partial charge in [0.15, 0.2) is 0 Å². The highest BCUT2D eigenvalue weighted by atomic mass is 32.2. The molecule has 1 aromatic heterocycles. The van der Waals surface area contributed by atoms with Crippen LogP contribution in [0, 0.1) is 12.8 Å². The summed E-state index contributed by atoms with van der Waals surface area (Å²) >= 11 is 1.95. The van der Waals surface area contributed by atoms with E-state index in [2.05, 4.69) is 4.98 Å². The van der Waals surface area contributed by atoms with Gasteiger partial charge in [0.2, 0.25) is 0 Å².